The standard InChI is InChI=1S/C31H25NO4/c1-22-10-8-9-15-27(22)30-32-28(31(33)36-30)18-25-16-17-26(34-20-23-11-4-2-5-12-23)19-29(25)35-21-24-13-6-3-7-14-24/h2-19H,20-21H2,1H3/b28-18+. The van der Waals surface area contributed by atoms with Gasteiger partial charge in [0.05, 0.1) is 0 Å². The van der Waals surface area contributed by atoms with Gasteiger partial charge in [0.2, 0.25) is 5.90 Å². The van der Waals surface area contributed by atoms with Gasteiger partial charge in [0.25, 0.3) is 0 Å². The predicted molar refractivity (Wildman–Crippen MR) is 140 cm³/mol. The lowest BCUT2D eigenvalue weighted by Crippen LogP contribution is -2.06. The van der Waals surface area contributed by atoms with Crippen molar-refractivity contribution in [2.24, 2.45) is 4.99 Å². The van der Waals surface area contributed by atoms with Crippen molar-refractivity contribution >= 4 is 17.9 Å². The van der Waals surface area contributed by atoms with Crippen LogP contribution in [0.3, 0.4) is 0 Å². The van der Waals surface area contributed by atoms with Gasteiger partial charge in [0.1, 0.15) is 24.7 Å². The van der Waals surface area contributed by atoms with Crippen LogP contribution in [0.2, 0.25) is 0 Å². The van der Waals surface area contributed by atoms with Crippen molar-refractivity contribution in [3.63, 3.8) is 0 Å². The Bertz CT molecular complexity index is 1430. The van der Waals surface area contributed by atoms with Gasteiger partial charge in [0, 0.05) is 17.2 Å². The Morgan fingerprint density at radius 2 is 1.42 bits per heavy atom. The third-order valence-electron chi connectivity index (χ3n) is 5.76. The van der Waals surface area contributed by atoms with Crippen molar-refractivity contribution in [2.45, 2.75) is 20.1 Å². The lowest BCUT2D eigenvalue weighted by atomic mass is 10.1. The first-order valence-electron chi connectivity index (χ1n) is 11.7. The second kappa shape index (κ2) is 10.7. The highest BCUT2D eigenvalue weighted by atomic mass is 16.6. The van der Waals surface area contributed by atoms with E-state index in [9.17, 15) is 4.79 Å². The molecule has 0 bridgehead atoms. The molecule has 0 spiro atoms. The van der Waals surface area contributed by atoms with Crippen LogP contribution in [-0.2, 0) is 22.7 Å². The Morgan fingerprint density at radius 1 is 0.778 bits per heavy atom. The van der Waals surface area contributed by atoms with E-state index in [1.165, 1.54) is 0 Å². The van der Waals surface area contributed by atoms with Crippen LogP contribution in [0.1, 0.15) is 27.8 Å². The number of aryl methyl sites for hydroxylation is 1. The number of hydrogen-bond donors (Lipinski definition) is 0. The smallest absolute Gasteiger partial charge is 0.363 e. The molecule has 0 aliphatic carbocycles. The molecule has 0 atom stereocenters. The minimum atomic E-state index is -0.494. The van der Waals surface area contributed by atoms with Gasteiger partial charge in [-0.3, -0.25) is 0 Å². The van der Waals surface area contributed by atoms with Crippen LogP contribution in [0.4, 0.5) is 0 Å². The molecule has 5 nitrogen and oxygen atoms in total. The van der Waals surface area contributed by atoms with Crippen molar-refractivity contribution in [3.8, 4) is 11.5 Å². The van der Waals surface area contributed by atoms with Crippen LogP contribution >= 0.6 is 0 Å². The normalized spacial score (nSPS) is 13.9. The van der Waals surface area contributed by atoms with Crippen molar-refractivity contribution in [3.05, 3.63) is 137 Å². The molecule has 0 aromatic heterocycles. The van der Waals surface area contributed by atoms with Crippen LogP contribution in [0, 0.1) is 6.92 Å². The van der Waals surface area contributed by atoms with Crippen LogP contribution in [0.15, 0.2) is 114 Å². The summed E-state index contributed by atoms with van der Waals surface area (Å²) < 4.78 is 17.6. The number of carbonyl (C=O) groups excluding carboxylic acids is 1. The van der Waals surface area contributed by atoms with Gasteiger partial charge >= 0.3 is 5.97 Å². The topological polar surface area (TPSA) is 57.1 Å². The highest BCUT2D eigenvalue weighted by molar-refractivity contribution is 6.13. The maximum atomic E-state index is 12.6. The summed E-state index contributed by atoms with van der Waals surface area (Å²) in [6, 6.07) is 33.1. The molecule has 5 rings (SSSR count). The van der Waals surface area contributed by atoms with Crippen molar-refractivity contribution in [1.29, 1.82) is 0 Å². The summed E-state index contributed by atoms with van der Waals surface area (Å²) in [6.45, 7) is 2.77. The summed E-state index contributed by atoms with van der Waals surface area (Å²) in [5.74, 6) is 1.07. The first-order valence-corrected chi connectivity index (χ1v) is 11.7. The number of benzene rings is 4. The van der Waals surface area contributed by atoms with Gasteiger partial charge in [-0.05, 0) is 47.9 Å². The van der Waals surface area contributed by atoms with E-state index < -0.39 is 5.97 Å². The summed E-state index contributed by atoms with van der Waals surface area (Å²) >= 11 is 0. The summed E-state index contributed by atoms with van der Waals surface area (Å²) in [5, 5.41) is 0. The fourth-order valence-corrected chi connectivity index (χ4v) is 3.81. The third-order valence-corrected chi connectivity index (χ3v) is 5.76. The second-order valence-electron chi connectivity index (χ2n) is 8.40. The third kappa shape index (κ3) is 5.53. The molecule has 0 amide bonds. The average molecular weight is 476 g/mol. The van der Waals surface area contributed by atoms with Gasteiger partial charge in [-0.25, -0.2) is 9.79 Å². The molecular formula is C31H25NO4. The Labute approximate surface area is 210 Å². The zero-order valence-electron chi connectivity index (χ0n) is 19.9. The predicted octanol–water partition coefficient (Wildman–Crippen LogP) is 6.50. The SMILES string of the molecule is Cc1ccccc1C1=N/C(=C/c2ccc(OCc3ccccc3)cc2OCc2ccccc2)C(=O)O1. The van der Waals surface area contributed by atoms with Crippen molar-refractivity contribution < 1.29 is 19.0 Å². The molecule has 0 saturated heterocycles. The van der Waals surface area contributed by atoms with Crippen LogP contribution in [0.25, 0.3) is 6.08 Å². The lowest BCUT2D eigenvalue weighted by Gasteiger charge is -2.13. The minimum absolute atomic E-state index is 0.218. The van der Waals surface area contributed by atoms with Gasteiger partial charge in [-0.2, -0.15) is 0 Å². The molecule has 36 heavy (non-hydrogen) atoms. The van der Waals surface area contributed by atoms with Crippen LogP contribution in [-0.4, -0.2) is 11.9 Å². The monoisotopic (exact) mass is 475 g/mol. The van der Waals surface area contributed by atoms with Crippen molar-refractivity contribution in [2.75, 3.05) is 0 Å². The molecule has 0 saturated carbocycles. The largest absolute Gasteiger partial charge is 0.489 e. The number of hydrogen-bond acceptors (Lipinski definition) is 5. The Balaban J connectivity index is 1.43. The zero-order chi connectivity index (χ0) is 24.7. The van der Waals surface area contributed by atoms with E-state index in [0.717, 1.165) is 22.3 Å². The molecular weight excluding hydrogens is 450 g/mol. The van der Waals surface area contributed by atoms with Gasteiger partial charge in [-0.15, -0.1) is 0 Å². The number of aliphatic imine (C=N–C) groups is 1. The molecule has 4 aromatic carbocycles. The molecule has 4 aromatic rings. The van der Waals surface area contributed by atoms with Gasteiger partial charge in [-0.1, -0.05) is 78.9 Å². The maximum absolute atomic E-state index is 12.6. The van der Waals surface area contributed by atoms with E-state index in [4.69, 9.17) is 14.2 Å². The number of nitrogens with zero attached hydrogens (tertiary/aromatic N) is 1. The van der Waals surface area contributed by atoms with E-state index in [1.54, 1.807) is 6.08 Å². The first kappa shape index (κ1) is 23.1. The Morgan fingerprint density at radius 3 is 2.11 bits per heavy atom. The zero-order valence-corrected chi connectivity index (χ0v) is 19.9. The molecule has 1 aliphatic heterocycles. The summed E-state index contributed by atoms with van der Waals surface area (Å²) in [5.41, 5.74) is 4.81. The number of cyclic esters (lactones) is 1. The molecule has 0 N–H and O–H groups in total. The Hall–Kier alpha value is -4.64. The van der Waals surface area contributed by atoms with E-state index in [0.29, 0.717) is 36.2 Å². The number of carbonyl (C=O) groups is 1. The van der Waals surface area contributed by atoms with Crippen LogP contribution < -0.4 is 9.47 Å². The number of esters is 1. The first-order chi connectivity index (χ1) is 17.7. The molecule has 0 unspecified atom stereocenters. The fraction of sp³-hybridized carbons (Fsp3) is 0.0968. The van der Waals surface area contributed by atoms with Crippen LogP contribution in [0.5, 0.6) is 11.5 Å². The van der Waals surface area contributed by atoms with Gasteiger partial charge in [0.15, 0.2) is 5.70 Å². The number of ether oxygens (including phenoxy) is 3. The molecule has 178 valence electrons. The van der Waals surface area contributed by atoms with E-state index in [-0.39, 0.29) is 5.70 Å². The van der Waals surface area contributed by atoms with Crippen molar-refractivity contribution in [1.82, 2.24) is 0 Å². The fourth-order valence-electron chi connectivity index (χ4n) is 3.81. The van der Waals surface area contributed by atoms with E-state index in [1.807, 2.05) is 110 Å². The minimum Gasteiger partial charge on any atom is -0.489 e. The molecule has 1 heterocycles. The number of rotatable bonds is 8. The lowest BCUT2D eigenvalue weighted by molar-refractivity contribution is -0.129. The molecule has 1 aliphatic rings. The maximum Gasteiger partial charge on any atom is 0.363 e. The second-order valence-corrected chi connectivity index (χ2v) is 8.40. The molecule has 5 heteroatoms. The van der Waals surface area contributed by atoms with Gasteiger partial charge < -0.3 is 14.2 Å². The highest BCUT2D eigenvalue weighted by Gasteiger charge is 2.25. The Kier molecular flexibility index (Phi) is 6.90. The average Bonchev–Trinajstić information content (AvgIpc) is 3.28. The van der Waals surface area contributed by atoms with E-state index >= 15 is 0 Å². The molecule has 0 fully saturated rings. The quantitative estimate of drug-likeness (QED) is 0.216. The van der Waals surface area contributed by atoms with E-state index in [2.05, 4.69) is 4.99 Å². The summed E-state index contributed by atoms with van der Waals surface area (Å²) in [4.78, 5) is 17.1. The summed E-state index contributed by atoms with van der Waals surface area (Å²) in [6.07, 6.45) is 1.69. The summed E-state index contributed by atoms with van der Waals surface area (Å²) in [7, 11) is 0. The highest BCUT2D eigenvalue weighted by Crippen LogP contribution is 2.30. The molecule has 0 radical (unpaired) electrons.